The highest BCUT2D eigenvalue weighted by Gasteiger charge is 2.45. The average molecular weight is 318 g/mol. The summed E-state index contributed by atoms with van der Waals surface area (Å²) < 4.78 is 22.7. The molecular formula is C12H16ClN3O3S. The summed E-state index contributed by atoms with van der Waals surface area (Å²) in [5.41, 5.74) is 5.14. The van der Waals surface area contributed by atoms with Crippen molar-refractivity contribution in [2.24, 2.45) is 11.1 Å². The molecule has 1 aromatic heterocycles. The fourth-order valence-electron chi connectivity index (χ4n) is 2.08. The number of nitrogens with one attached hydrogen (secondary N) is 1. The lowest BCUT2D eigenvalue weighted by molar-refractivity contribution is 0.1000. The Bertz CT molecular complexity index is 641. The summed E-state index contributed by atoms with van der Waals surface area (Å²) in [4.78, 5) is 15.0. The Kier molecular flexibility index (Phi) is 3.93. The van der Waals surface area contributed by atoms with E-state index in [9.17, 15) is 13.2 Å². The van der Waals surface area contributed by atoms with Crippen LogP contribution in [0.4, 0.5) is 5.82 Å². The minimum absolute atomic E-state index is 0.157. The Labute approximate surface area is 122 Å². The van der Waals surface area contributed by atoms with Crippen LogP contribution in [0.1, 0.15) is 23.2 Å². The summed E-state index contributed by atoms with van der Waals surface area (Å²) in [6.07, 6.45) is 4.31. The summed E-state index contributed by atoms with van der Waals surface area (Å²) in [5, 5.41) is 3.33. The summed E-state index contributed by atoms with van der Waals surface area (Å²) in [7, 11) is -3.01. The number of hydrogen-bond donors (Lipinski definition) is 2. The maximum Gasteiger partial charge on any atom is 0.250 e. The minimum atomic E-state index is -3.01. The summed E-state index contributed by atoms with van der Waals surface area (Å²) in [6, 6.07) is 1.44. The largest absolute Gasteiger partial charge is 0.368 e. The van der Waals surface area contributed by atoms with Crippen molar-refractivity contribution in [3.63, 3.8) is 0 Å². The van der Waals surface area contributed by atoms with Crippen LogP contribution in [0.25, 0.3) is 0 Å². The van der Waals surface area contributed by atoms with Crippen LogP contribution < -0.4 is 11.1 Å². The zero-order chi connectivity index (χ0) is 15.0. The molecule has 1 fully saturated rings. The molecule has 110 valence electrons. The van der Waals surface area contributed by atoms with Gasteiger partial charge in [0.15, 0.2) is 0 Å². The van der Waals surface area contributed by atoms with Gasteiger partial charge in [0.25, 0.3) is 0 Å². The number of nitrogens with two attached hydrogens (primary N) is 1. The molecule has 3 N–H and O–H groups in total. The molecule has 0 radical (unpaired) electrons. The molecule has 6 nitrogen and oxygen atoms in total. The van der Waals surface area contributed by atoms with E-state index in [-0.39, 0.29) is 21.8 Å². The molecule has 1 heterocycles. The van der Waals surface area contributed by atoms with E-state index >= 15 is 0 Å². The maximum absolute atomic E-state index is 11.4. The van der Waals surface area contributed by atoms with Crippen molar-refractivity contribution in [2.45, 2.75) is 12.8 Å². The Balaban J connectivity index is 2.03. The van der Waals surface area contributed by atoms with Gasteiger partial charge in [-0.15, -0.1) is 0 Å². The first-order valence-corrected chi connectivity index (χ1v) is 8.52. The SMILES string of the molecule is CS(=O)(=O)CC1(CNc2ncc(C(N)=O)cc2Cl)CC1. The Morgan fingerprint density at radius 2 is 2.20 bits per heavy atom. The molecule has 0 aromatic carbocycles. The highest BCUT2D eigenvalue weighted by molar-refractivity contribution is 7.90. The molecule has 1 saturated carbocycles. The average Bonchev–Trinajstić information content (AvgIpc) is 3.05. The van der Waals surface area contributed by atoms with Crippen LogP contribution in [0, 0.1) is 5.41 Å². The number of carbonyl (C=O) groups excluding carboxylic acids is 1. The molecule has 0 unspecified atom stereocenters. The Hall–Kier alpha value is -1.34. The number of halogens is 1. The van der Waals surface area contributed by atoms with Crippen molar-refractivity contribution in [3.05, 3.63) is 22.8 Å². The molecular weight excluding hydrogens is 302 g/mol. The lowest BCUT2D eigenvalue weighted by Gasteiger charge is -2.16. The van der Waals surface area contributed by atoms with E-state index in [0.29, 0.717) is 12.4 Å². The fourth-order valence-corrected chi connectivity index (χ4v) is 3.82. The zero-order valence-electron chi connectivity index (χ0n) is 11.0. The Morgan fingerprint density at radius 3 is 2.65 bits per heavy atom. The van der Waals surface area contributed by atoms with Crippen molar-refractivity contribution in [2.75, 3.05) is 23.9 Å². The predicted octanol–water partition coefficient (Wildman–Crippen LogP) is 1.07. The molecule has 1 amide bonds. The lowest BCUT2D eigenvalue weighted by atomic mass is 10.1. The number of amides is 1. The van der Waals surface area contributed by atoms with Gasteiger partial charge in [-0.05, 0) is 18.9 Å². The first-order chi connectivity index (χ1) is 9.21. The lowest BCUT2D eigenvalue weighted by Crippen LogP contribution is -2.24. The van der Waals surface area contributed by atoms with Gasteiger partial charge in [0.05, 0.1) is 16.3 Å². The molecule has 1 aliphatic rings. The van der Waals surface area contributed by atoms with Crippen molar-refractivity contribution < 1.29 is 13.2 Å². The van der Waals surface area contributed by atoms with Crippen LogP contribution in [0.15, 0.2) is 12.3 Å². The highest BCUT2D eigenvalue weighted by Crippen LogP contribution is 2.46. The molecule has 0 aliphatic heterocycles. The number of primary amides is 1. The standard InChI is InChI=1S/C12H16ClN3O3S/c1-20(18,19)7-12(2-3-12)6-16-11-9(13)4-8(5-15-11)10(14)17/h4-5H,2-3,6-7H2,1H3,(H2,14,17)(H,15,16). The third-order valence-electron chi connectivity index (χ3n) is 3.28. The normalized spacial score (nSPS) is 16.7. The zero-order valence-corrected chi connectivity index (χ0v) is 12.6. The second-order valence-electron chi connectivity index (χ2n) is 5.34. The molecule has 0 spiro atoms. The van der Waals surface area contributed by atoms with Gasteiger partial charge in [-0.25, -0.2) is 13.4 Å². The molecule has 1 aliphatic carbocycles. The highest BCUT2D eigenvalue weighted by atomic mass is 35.5. The molecule has 8 heteroatoms. The van der Waals surface area contributed by atoms with Crippen LogP contribution >= 0.6 is 11.6 Å². The van der Waals surface area contributed by atoms with Gasteiger partial charge in [0.2, 0.25) is 5.91 Å². The van der Waals surface area contributed by atoms with E-state index in [1.165, 1.54) is 18.5 Å². The van der Waals surface area contributed by atoms with E-state index < -0.39 is 15.7 Å². The molecule has 1 aromatic rings. The molecule has 0 bridgehead atoms. The smallest absolute Gasteiger partial charge is 0.250 e. The minimum Gasteiger partial charge on any atom is -0.368 e. The summed E-state index contributed by atoms with van der Waals surface area (Å²) >= 11 is 6.00. The molecule has 2 rings (SSSR count). The first kappa shape index (κ1) is 15.1. The summed E-state index contributed by atoms with van der Waals surface area (Å²) in [5.74, 6) is -0.0117. The van der Waals surface area contributed by atoms with E-state index in [0.717, 1.165) is 12.8 Å². The number of pyridine rings is 1. The second-order valence-corrected chi connectivity index (χ2v) is 7.89. The van der Waals surface area contributed by atoms with Crippen molar-refractivity contribution >= 4 is 33.2 Å². The second kappa shape index (κ2) is 5.21. The van der Waals surface area contributed by atoms with Gasteiger partial charge in [-0.2, -0.15) is 0 Å². The van der Waals surface area contributed by atoms with Gasteiger partial charge in [0, 0.05) is 24.4 Å². The molecule has 0 atom stereocenters. The summed E-state index contributed by atoms with van der Waals surface area (Å²) in [6.45, 7) is 0.489. The van der Waals surface area contributed by atoms with Crippen LogP contribution in [0.2, 0.25) is 5.02 Å². The van der Waals surface area contributed by atoms with Crippen molar-refractivity contribution in [3.8, 4) is 0 Å². The maximum atomic E-state index is 11.4. The third-order valence-corrected chi connectivity index (χ3v) is 4.71. The van der Waals surface area contributed by atoms with Crippen LogP contribution in [-0.4, -0.2) is 37.9 Å². The monoisotopic (exact) mass is 317 g/mol. The van der Waals surface area contributed by atoms with Gasteiger partial charge in [-0.1, -0.05) is 11.6 Å². The number of anilines is 1. The van der Waals surface area contributed by atoms with E-state index in [2.05, 4.69) is 10.3 Å². The number of rotatable bonds is 6. The van der Waals surface area contributed by atoms with Gasteiger partial charge < -0.3 is 11.1 Å². The number of hydrogen-bond acceptors (Lipinski definition) is 5. The van der Waals surface area contributed by atoms with Crippen molar-refractivity contribution in [1.29, 1.82) is 0 Å². The van der Waals surface area contributed by atoms with E-state index in [4.69, 9.17) is 17.3 Å². The van der Waals surface area contributed by atoms with Crippen molar-refractivity contribution in [1.82, 2.24) is 4.98 Å². The molecule has 20 heavy (non-hydrogen) atoms. The first-order valence-electron chi connectivity index (χ1n) is 6.08. The predicted molar refractivity (Wildman–Crippen MR) is 77.6 cm³/mol. The number of nitrogens with zero attached hydrogens (tertiary/aromatic N) is 1. The van der Waals surface area contributed by atoms with Gasteiger partial charge in [0.1, 0.15) is 15.7 Å². The van der Waals surface area contributed by atoms with E-state index in [1.54, 1.807) is 0 Å². The number of aromatic nitrogens is 1. The van der Waals surface area contributed by atoms with Gasteiger partial charge >= 0.3 is 0 Å². The fraction of sp³-hybridized carbons (Fsp3) is 0.500. The topological polar surface area (TPSA) is 102 Å². The van der Waals surface area contributed by atoms with E-state index in [1.807, 2.05) is 0 Å². The Morgan fingerprint density at radius 1 is 1.55 bits per heavy atom. The van der Waals surface area contributed by atoms with Gasteiger partial charge in [-0.3, -0.25) is 4.79 Å². The van der Waals surface area contributed by atoms with Crippen LogP contribution in [0.3, 0.4) is 0 Å². The van der Waals surface area contributed by atoms with Crippen LogP contribution in [-0.2, 0) is 9.84 Å². The number of sulfone groups is 1. The molecule has 0 saturated heterocycles. The van der Waals surface area contributed by atoms with Crippen LogP contribution in [0.5, 0.6) is 0 Å². The number of carbonyl (C=O) groups is 1. The third kappa shape index (κ3) is 3.83. The quantitative estimate of drug-likeness (QED) is 0.817.